The maximum atomic E-state index is 6.46. The van der Waals surface area contributed by atoms with Gasteiger partial charge in [0, 0.05) is 42.9 Å². The first kappa shape index (κ1) is 26.3. The van der Waals surface area contributed by atoms with Gasteiger partial charge in [-0.05, 0) is 58.2 Å². The topological polar surface area (TPSA) is 44.3 Å². The SMILES string of the molecule is Br.CSc1c(Cl)nc(N(C)c2ccc(Cl)cc2)nc1NCCN(C(C)C)C(C)C. The molecule has 5 nitrogen and oxygen atoms in total. The highest BCUT2D eigenvalue weighted by Gasteiger charge is 2.17. The Balaban J connectivity index is 0.00000420. The number of nitrogens with one attached hydrogen (secondary N) is 1. The molecule has 0 spiro atoms. The van der Waals surface area contributed by atoms with E-state index in [9.17, 15) is 0 Å². The molecule has 0 fully saturated rings. The summed E-state index contributed by atoms with van der Waals surface area (Å²) in [5.74, 6) is 1.30. The summed E-state index contributed by atoms with van der Waals surface area (Å²) in [7, 11) is 1.91. The van der Waals surface area contributed by atoms with Crippen molar-refractivity contribution >= 4 is 69.4 Å². The predicted molar refractivity (Wildman–Crippen MR) is 134 cm³/mol. The largest absolute Gasteiger partial charge is 0.368 e. The third-order valence-corrected chi connectivity index (χ3v) is 5.95. The summed E-state index contributed by atoms with van der Waals surface area (Å²) in [4.78, 5) is 14.4. The molecule has 0 saturated heterocycles. The fraction of sp³-hybridized carbons (Fsp3) is 0.500. The number of thioether (sulfide) groups is 1. The first-order valence-corrected chi connectivity index (χ1v) is 11.3. The van der Waals surface area contributed by atoms with Crippen molar-refractivity contribution in [2.75, 3.05) is 36.6 Å². The monoisotopic (exact) mass is 521 g/mol. The van der Waals surface area contributed by atoms with Crippen LogP contribution in [0.5, 0.6) is 0 Å². The molecule has 1 aromatic carbocycles. The summed E-state index contributed by atoms with van der Waals surface area (Å²) in [5.41, 5.74) is 0.939. The molecule has 0 bridgehead atoms. The number of aromatic nitrogens is 2. The van der Waals surface area contributed by atoms with Crippen LogP contribution in [-0.4, -0.2) is 53.3 Å². The third-order valence-electron chi connectivity index (χ3n) is 4.52. The first-order valence-electron chi connectivity index (χ1n) is 9.35. The number of halogens is 3. The minimum Gasteiger partial charge on any atom is -0.368 e. The molecular formula is C20H30BrCl2N5S. The Hall–Kier alpha value is -0.730. The van der Waals surface area contributed by atoms with Gasteiger partial charge < -0.3 is 10.2 Å². The van der Waals surface area contributed by atoms with Crippen molar-refractivity contribution in [1.82, 2.24) is 14.9 Å². The van der Waals surface area contributed by atoms with Crippen molar-refractivity contribution in [3.63, 3.8) is 0 Å². The maximum Gasteiger partial charge on any atom is 0.233 e. The number of nitrogens with zero attached hydrogens (tertiary/aromatic N) is 4. The summed E-state index contributed by atoms with van der Waals surface area (Å²) in [6.45, 7) is 10.6. The lowest BCUT2D eigenvalue weighted by Gasteiger charge is -2.30. The number of benzene rings is 1. The Morgan fingerprint density at radius 1 is 1.03 bits per heavy atom. The Labute approximate surface area is 199 Å². The van der Waals surface area contributed by atoms with Crippen LogP contribution in [0, 0.1) is 0 Å². The van der Waals surface area contributed by atoms with Crippen LogP contribution in [0.25, 0.3) is 0 Å². The number of hydrogen-bond donors (Lipinski definition) is 1. The lowest BCUT2D eigenvalue weighted by Crippen LogP contribution is -2.40. The second kappa shape index (κ2) is 12.2. The van der Waals surface area contributed by atoms with Gasteiger partial charge in [0.25, 0.3) is 0 Å². The quantitative estimate of drug-likeness (QED) is 0.304. The molecule has 0 atom stereocenters. The van der Waals surface area contributed by atoms with Crippen LogP contribution in [0.15, 0.2) is 29.2 Å². The van der Waals surface area contributed by atoms with Crippen LogP contribution in [0.4, 0.5) is 17.5 Å². The molecule has 9 heteroatoms. The highest BCUT2D eigenvalue weighted by Crippen LogP contribution is 2.33. The Morgan fingerprint density at radius 2 is 1.62 bits per heavy atom. The molecule has 0 aliphatic carbocycles. The van der Waals surface area contributed by atoms with Crippen molar-refractivity contribution in [2.24, 2.45) is 0 Å². The van der Waals surface area contributed by atoms with Crippen molar-refractivity contribution in [3.05, 3.63) is 34.4 Å². The van der Waals surface area contributed by atoms with Gasteiger partial charge in [-0.1, -0.05) is 23.2 Å². The van der Waals surface area contributed by atoms with Gasteiger partial charge >= 0.3 is 0 Å². The van der Waals surface area contributed by atoms with E-state index in [2.05, 4.69) is 42.9 Å². The fourth-order valence-corrected chi connectivity index (χ4v) is 4.11. The van der Waals surface area contributed by atoms with Crippen LogP contribution in [0.1, 0.15) is 27.7 Å². The highest BCUT2D eigenvalue weighted by molar-refractivity contribution is 8.93. The van der Waals surface area contributed by atoms with E-state index in [4.69, 9.17) is 28.2 Å². The highest BCUT2D eigenvalue weighted by atomic mass is 79.9. The predicted octanol–water partition coefficient (Wildman–Crippen LogP) is 6.38. The summed E-state index contributed by atoms with van der Waals surface area (Å²) in [6.07, 6.45) is 1.98. The van der Waals surface area contributed by atoms with E-state index in [1.807, 2.05) is 42.5 Å². The van der Waals surface area contributed by atoms with Crippen LogP contribution in [0.3, 0.4) is 0 Å². The van der Waals surface area contributed by atoms with Crippen molar-refractivity contribution in [3.8, 4) is 0 Å². The van der Waals surface area contributed by atoms with Crippen LogP contribution in [-0.2, 0) is 0 Å². The molecule has 0 aliphatic rings. The van der Waals surface area contributed by atoms with Gasteiger partial charge in [0.1, 0.15) is 11.0 Å². The van der Waals surface area contributed by atoms with Crippen molar-refractivity contribution in [1.29, 1.82) is 0 Å². The van der Waals surface area contributed by atoms with Gasteiger partial charge in [0.05, 0.1) is 4.90 Å². The maximum absolute atomic E-state index is 6.46. The molecule has 0 unspecified atom stereocenters. The lowest BCUT2D eigenvalue weighted by atomic mass is 10.2. The van der Waals surface area contributed by atoms with Crippen LogP contribution in [0.2, 0.25) is 10.2 Å². The molecule has 2 aromatic rings. The van der Waals surface area contributed by atoms with E-state index in [0.717, 1.165) is 29.5 Å². The molecule has 162 valence electrons. The van der Waals surface area contributed by atoms with Crippen molar-refractivity contribution < 1.29 is 0 Å². The Kier molecular flexibility index (Phi) is 11.1. The molecule has 2 rings (SSSR count). The summed E-state index contributed by atoms with van der Waals surface area (Å²) < 4.78 is 0. The van der Waals surface area contributed by atoms with E-state index < -0.39 is 0 Å². The van der Waals surface area contributed by atoms with Crippen LogP contribution < -0.4 is 10.2 Å². The third kappa shape index (κ3) is 7.17. The smallest absolute Gasteiger partial charge is 0.233 e. The fourth-order valence-electron chi connectivity index (χ4n) is 3.06. The summed E-state index contributed by atoms with van der Waals surface area (Å²) >= 11 is 14.0. The number of rotatable bonds is 9. The van der Waals surface area contributed by atoms with Gasteiger partial charge in [0.2, 0.25) is 5.95 Å². The number of anilines is 3. The van der Waals surface area contributed by atoms with Gasteiger partial charge in [-0.3, -0.25) is 4.90 Å². The Morgan fingerprint density at radius 3 is 2.14 bits per heavy atom. The summed E-state index contributed by atoms with van der Waals surface area (Å²) in [5, 5.41) is 4.60. The first-order chi connectivity index (χ1) is 13.2. The molecule has 1 aromatic heterocycles. The van der Waals surface area contributed by atoms with Crippen molar-refractivity contribution in [2.45, 2.75) is 44.7 Å². The minimum atomic E-state index is 0. The minimum absolute atomic E-state index is 0. The zero-order valence-corrected chi connectivity index (χ0v) is 21.8. The van der Waals surface area contributed by atoms with E-state index >= 15 is 0 Å². The molecule has 0 saturated carbocycles. The van der Waals surface area contributed by atoms with E-state index in [1.54, 1.807) is 11.8 Å². The molecule has 0 amide bonds. The van der Waals surface area contributed by atoms with Gasteiger partial charge in [0.15, 0.2) is 0 Å². The van der Waals surface area contributed by atoms with Gasteiger partial charge in [-0.25, -0.2) is 0 Å². The lowest BCUT2D eigenvalue weighted by molar-refractivity contribution is 0.182. The number of hydrogen-bond acceptors (Lipinski definition) is 6. The molecule has 29 heavy (non-hydrogen) atoms. The van der Waals surface area contributed by atoms with E-state index in [-0.39, 0.29) is 17.0 Å². The van der Waals surface area contributed by atoms with Gasteiger partial charge in [-0.2, -0.15) is 9.97 Å². The summed E-state index contributed by atoms with van der Waals surface area (Å²) in [6, 6.07) is 8.52. The standard InChI is InChI=1S/C20H29Cl2N5S.BrH/c1-13(2)27(14(3)4)12-11-23-19-17(28-6)18(22)24-20(25-19)26(5)16-9-7-15(21)8-10-16;/h7-10,13-14H,11-12H2,1-6H3,(H,23,24,25);1H. The normalized spacial score (nSPS) is 11.1. The van der Waals surface area contributed by atoms with Gasteiger partial charge in [-0.15, -0.1) is 28.7 Å². The molecule has 0 radical (unpaired) electrons. The average Bonchev–Trinajstić information content (AvgIpc) is 2.64. The molecular weight excluding hydrogens is 493 g/mol. The Bertz CT molecular complexity index is 766. The molecule has 1 N–H and O–H groups in total. The average molecular weight is 523 g/mol. The zero-order chi connectivity index (χ0) is 20.8. The van der Waals surface area contributed by atoms with E-state index in [0.29, 0.717) is 28.2 Å². The van der Waals surface area contributed by atoms with Crippen LogP contribution >= 0.6 is 51.9 Å². The van der Waals surface area contributed by atoms with E-state index in [1.165, 1.54) is 0 Å². The molecule has 0 aliphatic heterocycles. The zero-order valence-electron chi connectivity index (χ0n) is 17.7. The second-order valence-electron chi connectivity index (χ2n) is 7.08. The second-order valence-corrected chi connectivity index (χ2v) is 8.69. The molecule has 1 heterocycles.